The van der Waals surface area contributed by atoms with Gasteiger partial charge in [-0.05, 0) is 40.2 Å². The van der Waals surface area contributed by atoms with Gasteiger partial charge in [0.25, 0.3) is 0 Å². The van der Waals surface area contributed by atoms with E-state index < -0.39 is 34.5 Å². The summed E-state index contributed by atoms with van der Waals surface area (Å²) in [6.45, 7) is 0. The molecule has 0 unspecified atom stereocenters. The van der Waals surface area contributed by atoms with E-state index in [2.05, 4.69) is 20.9 Å². The molecule has 0 radical (unpaired) electrons. The Morgan fingerprint density at radius 2 is 1.83 bits per heavy atom. The highest BCUT2D eigenvalue weighted by Gasteiger charge is 2.24. The van der Waals surface area contributed by atoms with Gasteiger partial charge in [-0.1, -0.05) is 0 Å². The molecule has 0 atom stereocenters. The zero-order chi connectivity index (χ0) is 13.3. The number of benzene rings is 1. The fourth-order valence-corrected chi connectivity index (χ4v) is 1.74. The zero-order valence-corrected chi connectivity index (χ0v) is 10.3. The second kappa shape index (κ2) is 4.89. The van der Waals surface area contributed by atoms with Crippen LogP contribution in [0.3, 0.4) is 0 Å². The first kappa shape index (κ1) is 12.8. The van der Waals surface area contributed by atoms with Gasteiger partial charge < -0.3 is 0 Å². The number of nitrogens with zero attached hydrogens (tertiary/aromatic N) is 1. The van der Waals surface area contributed by atoms with Crippen LogP contribution >= 0.6 is 15.9 Å². The first-order valence-corrected chi connectivity index (χ1v) is 5.60. The number of pyridine rings is 1. The van der Waals surface area contributed by atoms with E-state index in [-0.39, 0.29) is 4.47 Å². The van der Waals surface area contributed by atoms with Gasteiger partial charge in [0, 0.05) is 6.20 Å². The molecule has 0 aliphatic carbocycles. The van der Waals surface area contributed by atoms with Gasteiger partial charge in [-0.25, -0.2) is 18.2 Å². The van der Waals surface area contributed by atoms with Gasteiger partial charge >= 0.3 is 0 Å². The van der Waals surface area contributed by atoms with Gasteiger partial charge in [0.05, 0.1) is 10.0 Å². The highest BCUT2D eigenvalue weighted by atomic mass is 79.9. The molecular weight excluding hydrogens is 311 g/mol. The summed E-state index contributed by atoms with van der Waals surface area (Å²) in [5.41, 5.74) is -1.45. The smallest absolute Gasteiger partial charge is 0.220 e. The third kappa shape index (κ3) is 2.15. The van der Waals surface area contributed by atoms with Crippen molar-refractivity contribution in [2.24, 2.45) is 0 Å². The molecule has 1 aromatic carbocycles. The fourth-order valence-electron chi connectivity index (χ4n) is 1.41. The van der Waals surface area contributed by atoms with Crippen molar-refractivity contribution in [2.45, 2.75) is 0 Å². The maximum absolute atomic E-state index is 13.7. The lowest BCUT2D eigenvalue weighted by molar-refractivity contribution is 0.102. The third-order valence-electron chi connectivity index (χ3n) is 2.24. The van der Waals surface area contributed by atoms with Crippen molar-refractivity contribution in [3.8, 4) is 0 Å². The topological polar surface area (TPSA) is 30.0 Å². The Labute approximate surface area is 109 Å². The minimum absolute atomic E-state index is 0.0800. The van der Waals surface area contributed by atoms with Crippen LogP contribution < -0.4 is 0 Å². The lowest BCUT2D eigenvalue weighted by Crippen LogP contribution is -2.11. The molecule has 0 fully saturated rings. The summed E-state index contributed by atoms with van der Waals surface area (Å²) in [5, 5.41) is 0. The van der Waals surface area contributed by atoms with E-state index in [1.54, 1.807) is 0 Å². The van der Waals surface area contributed by atoms with Gasteiger partial charge in [0.2, 0.25) is 5.78 Å². The van der Waals surface area contributed by atoms with Crippen molar-refractivity contribution in [1.82, 2.24) is 4.98 Å². The molecule has 0 N–H and O–H groups in total. The molecule has 0 saturated heterocycles. The number of hydrogen-bond acceptors (Lipinski definition) is 2. The molecule has 1 aromatic heterocycles. The standard InChI is InChI=1S/C12H5BrF3NO/c13-6-3-4-7(14)9(10(6)16)12(18)11-8(15)2-1-5-17-11/h1-5H. The molecule has 2 rings (SSSR count). The molecule has 0 bridgehead atoms. The molecule has 2 nitrogen and oxygen atoms in total. The molecule has 2 aromatic rings. The van der Waals surface area contributed by atoms with E-state index in [0.717, 1.165) is 18.2 Å². The Bertz CT molecular complexity index is 631. The molecule has 0 aliphatic rings. The Morgan fingerprint density at radius 1 is 1.11 bits per heavy atom. The number of carbonyl (C=O) groups excluding carboxylic acids is 1. The Kier molecular flexibility index (Phi) is 3.47. The third-order valence-corrected chi connectivity index (χ3v) is 2.86. The Morgan fingerprint density at radius 3 is 2.50 bits per heavy atom. The summed E-state index contributed by atoms with van der Waals surface area (Å²) >= 11 is 2.83. The van der Waals surface area contributed by atoms with Gasteiger partial charge in [-0.3, -0.25) is 4.79 Å². The van der Waals surface area contributed by atoms with Gasteiger partial charge in [-0.15, -0.1) is 0 Å². The molecule has 0 amide bonds. The molecule has 0 spiro atoms. The van der Waals surface area contributed by atoms with E-state index in [0.29, 0.717) is 0 Å². The van der Waals surface area contributed by atoms with Gasteiger partial charge in [0.15, 0.2) is 11.6 Å². The quantitative estimate of drug-likeness (QED) is 0.627. The van der Waals surface area contributed by atoms with Crippen molar-refractivity contribution in [3.63, 3.8) is 0 Å². The highest BCUT2D eigenvalue weighted by Crippen LogP contribution is 2.24. The Balaban J connectivity index is 2.61. The van der Waals surface area contributed by atoms with Crippen molar-refractivity contribution in [3.05, 3.63) is 63.6 Å². The van der Waals surface area contributed by atoms with Crippen molar-refractivity contribution in [1.29, 1.82) is 0 Å². The molecule has 0 aliphatic heterocycles. The van der Waals surface area contributed by atoms with Crippen molar-refractivity contribution < 1.29 is 18.0 Å². The number of carbonyl (C=O) groups is 1. The van der Waals surface area contributed by atoms with Crippen LogP contribution in [-0.2, 0) is 0 Å². The summed E-state index contributed by atoms with van der Waals surface area (Å²) in [4.78, 5) is 15.4. The second-order valence-corrected chi connectivity index (χ2v) is 4.24. The summed E-state index contributed by atoms with van der Waals surface area (Å²) in [6.07, 6.45) is 1.17. The minimum atomic E-state index is -1.13. The van der Waals surface area contributed by atoms with Crippen LogP contribution in [0.1, 0.15) is 16.1 Å². The van der Waals surface area contributed by atoms with Crippen LogP contribution in [0.15, 0.2) is 34.9 Å². The average molecular weight is 316 g/mol. The predicted octanol–water partition coefficient (Wildman–Crippen LogP) is 3.49. The van der Waals surface area contributed by atoms with Crippen LogP contribution in [0.4, 0.5) is 13.2 Å². The van der Waals surface area contributed by atoms with Crippen molar-refractivity contribution in [2.75, 3.05) is 0 Å². The number of aromatic nitrogens is 1. The predicted molar refractivity (Wildman–Crippen MR) is 61.7 cm³/mol. The number of ketones is 1. The van der Waals surface area contributed by atoms with Gasteiger partial charge in [-0.2, -0.15) is 0 Å². The molecular formula is C12H5BrF3NO. The molecule has 6 heteroatoms. The van der Waals surface area contributed by atoms with Crippen LogP contribution in [-0.4, -0.2) is 10.8 Å². The number of halogens is 4. The normalized spacial score (nSPS) is 10.4. The summed E-state index contributed by atoms with van der Waals surface area (Å²) < 4.78 is 40.4. The van der Waals surface area contributed by atoms with Gasteiger partial charge in [0.1, 0.15) is 11.5 Å². The van der Waals surface area contributed by atoms with E-state index in [9.17, 15) is 18.0 Å². The van der Waals surface area contributed by atoms with Crippen molar-refractivity contribution >= 4 is 21.7 Å². The first-order chi connectivity index (χ1) is 8.52. The average Bonchev–Trinajstić information content (AvgIpc) is 2.35. The summed E-state index contributed by atoms with van der Waals surface area (Å²) in [7, 11) is 0. The van der Waals surface area contributed by atoms with Crippen LogP contribution in [0.25, 0.3) is 0 Å². The number of hydrogen-bond donors (Lipinski definition) is 0. The van der Waals surface area contributed by atoms with E-state index >= 15 is 0 Å². The molecule has 18 heavy (non-hydrogen) atoms. The van der Waals surface area contributed by atoms with Crippen LogP contribution in [0.5, 0.6) is 0 Å². The second-order valence-electron chi connectivity index (χ2n) is 3.38. The molecule has 0 saturated carbocycles. The minimum Gasteiger partial charge on any atom is -0.287 e. The lowest BCUT2D eigenvalue weighted by Gasteiger charge is -2.05. The van der Waals surface area contributed by atoms with E-state index in [1.807, 2.05) is 0 Å². The summed E-state index contributed by atoms with van der Waals surface area (Å²) in [6, 6.07) is 4.31. The molecule has 92 valence electrons. The highest BCUT2D eigenvalue weighted by molar-refractivity contribution is 9.10. The first-order valence-electron chi connectivity index (χ1n) is 4.81. The molecule has 1 heterocycles. The lowest BCUT2D eigenvalue weighted by atomic mass is 10.1. The largest absolute Gasteiger partial charge is 0.287 e. The zero-order valence-electron chi connectivity index (χ0n) is 8.75. The fraction of sp³-hybridized carbons (Fsp3) is 0. The van der Waals surface area contributed by atoms with E-state index in [1.165, 1.54) is 12.3 Å². The van der Waals surface area contributed by atoms with Crippen LogP contribution in [0, 0.1) is 17.5 Å². The van der Waals surface area contributed by atoms with Crippen LogP contribution in [0.2, 0.25) is 0 Å². The monoisotopic (exact) mass is 315 g/mol. The van der Waals surface area contributed by atoms with E-state index in [4.69, 9.17) is 0 Å². The SMILES string of the molecule is O=C(c1ncccc1F)c1c(F)ccc(Br)c1F. The maximum Gasteiger partial charge on any atom is 0.220 e. The Hall–Kier alpha value is -1.69. The maximum atomic E-state index is 13.7. The summed E-state index contributed by atoms with van der Waals surface area (Å²) in [5.74, 6) is -4.21. The number of rotatable bonds is 2.